The summed E-state index contributed by atoms with van der Waals surface area (Å²) in [6.45, 7) is 6.83. The quantitative estimate of drug-likeness (QED) is 0.687. The van der Waals surface area contributed by atoms with E-state index < -0.39 is 6.04 Å². The van der Waals surface area contributed by atoms with Gasteiger partial charge in [-0.25, -0.2) is 0 Å². The third kappa shape index (κ3) is 4.80. The molecule has 0 bridgehead atoms. The van der Waals surface area contributed by atoms with Crippen LogP contribution in [-0.4, -0.2) is 27.2 Å². The summed E-state index contributed by atoms with van der Waals surface area (Å²) in [7, 11) is 4.55. The zero-order valence-electron chi connectivity index (χ0n) is 19.0. The molecule has 2 unspecified atom stereocenters. The Bertz CT molecular complexity index is 975. The molecule has 31 heavy (non-hydrogen) atoms. The average Bonchev–Trinajstić information content (AvgIpc) is 3.19. The molecule has 1 heterocycles. The van der Waals surface area contributed by atoms with Crippen molar-refractivity contribution in [1.29, 1.82) is 5.26 Å². The Balaban J connectivity index is 1.82. The third-order valence-electron chi connectivity index (χ3n) is 5.96. The number of nitrogens with zero attached hydrogens (tertiary/aromatic N) is 1. The van der Waals surface area contributed by atoms with E-state index >= 15 is 0 Å². The van der Waals surface area contributed by atoms with Gasteiger partial charge in [0.2, 0.25) is 5.75 Å². The van der Waals surface area contributed by atoms with Gasteiger partial charge in [-0.05, 0) is 59.9 Å². The average molecular weight is 443 g/mol. The minimum absolute atomic E-state index is 0.244. The van der Waals surface area contributed by atoms with Crippen molar-refractivity contribution in [1.82, 2.24) is 5.32 Å². The van der Waals surface area contributed by atoms with E-state index in [1.165, 1.54) is 43.1 Å². The normalized spacial score (nSPS) is 16.6. The SMILES string of the molecule is COc1cc(C(C#N)NC(=O)c2cc3c(s2)CCC(C(C)(C)C)C3)cc(OC)c1OC. The number of nitrogens with one attached hydrogen (secondary N) is 1. The molecular formula is C24H30N2O4S. The van der Waals surface area contributed by atoms with Crippen LogP contribution in [0.3, 0.4) is 0 Å². The summed E-state index contributed by atoms with van der Waals surface area (Å²) < 4.78 is 16.1. The van der Waals surface area contributed by atoms with Crippen molar-refractivity contribution in [2.45, 2.75) is 46.1 Å². The van der Waals surface area contributed by atoms with Crippen molar-refractivity contribution in [3.63, 3.8) is 0 Å². The minimum atomic E-state index is -0.845. The van der Waals surface area contributed by atoms with Gasteiger partial charge in [-0.2, -0.15) is 5.26 Å². The van der Waals surface area contributed by atoms with Crippen molar-refractivity contribution in [3.8, 4) is 23.3 Å². The number of carbonyl (C=O) groups excluding carboxylic acids is 1. The molecule has 1 N–H and O–H groups in total. The fraction of sp³-hybridized carbons (Fsp3) is 0.500. The number of methoxy groups -OCH3 is 3. The van der Waals surface area contributed by atoms with E-state index in [2.05, 4.69) is 32.2 Å². The zero-order chi connectivity index (χ0) is 22.8. The summed E-state index contributed by atoms with van der Waals surface area (Å²) in [5.74, 6) is 1.68. The van der Waals surface area contributed by atoms with Gasteiger partial charge >= 0.3 is 0 Å². The maximum Gasteiger partial charge on any atom is 0.262 e. The molecule has 6 nitrogen and oxygen atoms in total. The Hall–Kier alpha value is -2.72. The van der Waals surface area contributed by atoms with Crippen LogP contribution in [0.2, 0.25) is 0 Å². The van der Waals surface area contributed by atoms with Gasteiger partial charge in [0.25, 0.3) is 5.91 Å². The molecule has 1 aromatic heterocycles. The van der Waals surface area contributed by atoms with E-state index in [0.717, 1.165) is 19.3 Å². The highest BCUT2D eigenvalue weighted by Crippen LogP contribution is 2.41. The van der Waals surface area contributed by atoms with Crippen molar-refractivity contribution in [2.24, 2.45) is 11.3 Å². The summed E-state index contributed by atoms with van der Waals surface area (Å²) in [6, 6.07) is 6.69. The summed E-state index contributed by atoms with van der Waals surface area (Å²) in [4.78, 5) is 14.9. The largest absolute Gasteiger partial charge is 0.493 e. The Morgan fingerprint density at radius 2 is 1.81 bits per heavy atom. The number of fused-ring (bicyclic) bond motifs is 1. The minimum Gasteiger partial charge on any atom is -0.493 e. The zero-order valence-corrected chi connectivity index (χ0v) is 19.8. The summed E-state index contributed by atoms with van der Waals surface area (Å²) in [5.41, 5.74) is 2.09. The standard InChI is InChI=1S/C24H30N2O4S/c1-24(2,3)16-7-8-20-15(9-16)12-21(31-20)23(27)26-17(13-25)14-10-18(28-4)22(30-6)19(11-14)29-5/h10-12,16-17H,7-9H2,1-6H3,(H,26,27). The van der Waals surface area contributed by atoms with Crippen LogP contribution in [0.1, 0.15) is 58.9 Å². The molecule has 2 aromatic rings. The van der Waals surface area contributed by atoms with Crippen molar-refractivity contribution >= 4 is 17.2 Å². The Morgan fingerprint density at radius 3 is 2.32 bits per heavy atom. The van der Waals surface area contributed by atoms with Crippen LogP contribution in [0.5, 0.6) is 17.2 Å². The number of nitriles is 1. The number of ether oxygens (including phenoxy) is 3. The van der Waals surface area contributed by atoms with Crippen LogP contribution in [0.4, 0.5) is 0 Å². The molecule has 3 rings (SSSR count). The van der Waals surface area contributed by atoms with E-state index in [-0.39, 0.29) is 11.3 Å². The molecule has 7 heteroatoms. The van der Waals surface area contributed by atoms with Crippen LogP contribution < -0.4 is 19.5 Å². The highest BCUT2D eigenvalue weighted by molar-refractivity contribution is 7.14. The van der Waals surface area contributed by atoms with Gasteiger partial charge in [0.05, 0.1) is 32.3 Å². The molecule has 0 radical (unpaired) electrons. The fourth-order valence-electron chi connectivity index (χ4n) is 4.04. The molecule has 166 valence electrons. The maximum absolute atomic E-state index is 13.0. The van der Waals surface area contributed by atoms with E-state index in [4.69, 9.17) is 14.2 Å². The lowest BCUT2D eigenvalue weighted by atomic mass is 9.72. The van der Waals surface area contributed by atoms with Crippen LogP contribution in [0, 0.1) is 22.7 Å². The van der Waals surface area contributed by atoms with E-state index in [0.29, 0.717) is 33.6 Å². The van der Waals surface area contributed by atoms with Gasteiger partial charge in [-0.1, -0.05) is 20.8 Å². The first-order valence-electron chi connectivity index (χ1n) is 10.3. The van der Waals surface area contributed by atoms with Crippen molar-refractivity contribution in [2.75, 3.05) is 21.3 Å². The summed E-state index contributed by atoms with van der Waals surface area (Å²) in [5, 5.41) is 12.6. The van der Waals surface area contributed by atoms with Crippen molar-refractivity contribution in [3.05, 3.63) is 39.1 Å². The van der Waals surface area contributed by atoms with Crippen LogP contribution in [0.25, 0.3) is 0 Å². The Kier molecular flexibility index (Phi) is 6.80. The van der Waals surface area contributed by atoms with Crippen LogP contribution in [-0.2, 0) is 12.8 Å². The molecular weight excluding hydrogens is 412 g/mol. The second-order valence-corrected chi connectivity index (χ2v) is 10.00. The molecule has 0 fully saturated rings. The van der Waals surface area contributed by atoms with Gasteiger partial charge < -0.3 is 19.5 Å². The van der Waals surface area contributed by atoms with Crippen molar-refractivity contribution < 1.29 is 19.0 Å². The first-order valence-corrected chi connectivity index (χ1v) is 11.1. The molecule has 0 aliphatic heterocycles. The second kappa shape index (κ2) is 9.19. The summed E-state index contributed by atoms with van der Waals surface area (Å²) >= 11 is 1.53. The first kappa shape index (κ1) is 23.0. The number of hydrogen-bond donors (Lipinski definition) is 1. The molecule has 1 aromatic carbocycles. The van der Waals surface area contributed by atoms with Gasteiger partial charge in [0.15, 0.2) is 11.5 Å². The molecule has 1 aliphatic carbocycles. The number of carbonyl (C=O) groups is 1. The molecule has 0 saturated carbocycles. The number of benzene rings is 1. The monoisotopic (exact) mass is 442 g/mol. The molecule has 1 aliphatic rings. The highest BCUT2D eigenvalue weighted by Gasteiger charge is 2.31. The number of thiophene rings is 1. The van der Waals surface area contributed by atoms with Gasteiger partial charge in [0, 0.05) is 4.88 Å². The topological polar surface area (TPSA) is 80.6 Å². The number of amides is 1. The smallest absolute Gasteiger partial charge is 0.262 e. The van der Waals surface area contributed by atoms with E-state index in [1.807, 2.05) is 6.07 Å². The van der Waals surface area contributed by atoms with Crippen LogP contribution >= 0.6 is 11.3 Å². The molecule has 0 saturated heterocycles. The molecule has 2 atom stereocenters. The molecule has 0 spiro atoms. The van der Waals surface area contributed by atoms with Gasteiger partial charge in [-0.15, -0.1) is 11.3 Å². The van der Waals surface area contributed by atoms with Gasteiger partial charge in [-0.3, -0.25) is 4.79 Å². The number of rotatable bonds is 6. The summed E-state index contributed by atoms with van der Waals surface area (Å²) in [6.07, 6.45) is 3.14. The third-order valence-corrected chi connectivity index (χ3v) is 7.19. The van der Waals surface area contributed by atoms with Crippen LogP contribution in [0.15, 0.2) is 18.2 Å². The lowest BCUT2D eigenvalue weighted by Crippen LogP contribution is -2.27. The van der Waals surface area contributed by atoms with E-state index in [9.17, 15) is 10.1 Å². The molecule has 1 amide bonds. The van der Waals surface area contributed by atoms with E-state index in [1.54, 1.807) is 12.1 Å². The van der Waals surface area contributed by atoms with Gasteiger partial charge in [0.1, 0.15) is 6.04 Å². The predicted molar refractivity (Wildman–Crippen MR) is 121 cm³/mol. The lowest BCUT2D eigenvalue weighted by Gasteiger charge is -2.33. The Morgan fingerprint density at radius 1 is 1.16 bits per heavy atom. The number of aryl methyl sites for hydroxylation is 1. The Labute approximate surface area is 188 Å². The first-order chi connectivity index (χ1) is 14.7. The fourth-order valence-corrected chi connectivity index (χ4v) is 5.15. The predicted octanol–water partition coefficient (Wildman–Crippen LogP) is 4.92. The lowest BCUT2D eigenvalue weighted by molar-refractivity contribution is 0.0949. The maximum atomic E-state index is 13.0. The highest BCUT2D eigenvalue weighted by atomic mass is 32.1. The number of hydrogen-bond acceptors (Lipinski definition) is 6. The second-order valence-electron chi connectivity index (χ2n) is 8.86.